The van der Waals surface area contributed by atoms with Gasteiger partial charge in [0.2, 0.25) is 0 Å². The van der Waals surface area contributed by atoms with E-state index in [2.05, 4.69) is 15.8 Å². The summed E-state index contributed by atoms with van der Waals surface area (Å²) in [5.74, 6) is -1.21. The van der Waals surface area contributed by atoms with E-state index >= 15 is 0 Å². The number of carbonyl (C=O) groups is 2. The zero-order chi connectivity index (χ0) is 26.5. The molecule has 2 aromatic heterocycles. The zero-order valence-electron chi connectivity index (χ0n) is 20.8. The lowest BCUT2D eigenvalue weighted by molar-refractivity contribution is 0.0163. The molecule has 4 aromatic rings. The van der Waals surface area contributed by atoms with E-state index in [1.54, 1.807) is 74.4 Å². The molecule has 0 aliphatic rings. The number of hydrogen-bond donors (Lipinski definition) is 3. The van der Waals surface area contributed by atoms with Gasteiger partial charge < -0.3 is 19.9 Å². The van der Waals surface area contributed by atoms with Crippen molar-refractivity contribution < 1.29 is 23.9 Å². The fourth-order valence-electron chi connectivity index (χ4n) is 4.04. The number of nitrogens with zero attached hydrogens (tertiary/aromatic N) is 3. The quantitative estimate of drug-likeness (QED) is 0.237. The van der Waals surface area contributed by atoms with Crippen molar-refractivity contribution in [3.63, 3.8) is 0 Å². The van der Waals surface area contributed by atoms with E-state index in [0.29, 0.717) is 22.2 Å². The number of aliphatic hydroxyl groups excluding tert-OH is 1. The molecule has 0 aliphatic carbocycles. The van der Waals surface area contributed by atoms with Gasteiger partial charge in [-0.3, -0.25) is 19.4 Å². The van der Waals surface area contributed by atoms with Gasteiger partial charge >= 0.3 is 0 Å². The molecule has 192 valence electrons. The molecule has 0 radical (unpaired) electrons. The molecule has 4 rings (SSSR count). The first kappa shape index (κ1) is 25.8. The first-order chi connectivity index (χ1) is 17.8. The number of aliphatic hydroxyl groups is 1. The van der Waals surface area contributed by atoms with E-state index < -0.39 is 11.7 Å². The second-order valence-electron chi connectivity index (χ2n) is 8.71. The minimum Gasteiger partial charge on any atom is -0.394 e. The van der Waals surface area contributed by atoms with E-state index in [9.17, 15) is 14.0 Å². The summed E-state index contributed by atoms with van der Waals surface area (Å²) in [4.78, 5) is 36.7. The van der Waals surface area contributed by atoms with Crippen molar-refractivity contribution in [2.45, 2.75) is 13.5 Å². The molecule has 2 heterocycles. The molecule has 2 aromatic carbocycles. The van der Waals surface area contributed by atoms with E-state index in [0.717, 1.165) is 11.1 Å². The second-order valence-corrected chi connectivity index (χ2v) is 8.71. The van der Waals surface area contributed by atoms with Crippen molar-refractivity contribution in [3.8, 4) is 0 Å². The Morgan fingerprint density at radius 3 is 2.70 bits per heavy atom. The highest BCUT2D eigenvalue weighted by Crippen LogP contribution is 2.34. The van der Waals surface area contributed by atoms with Gasteiger partial charge in [0.15, 0.2) is 0 Å². The third-order valence-electron chi connectivity index (χ3n) is 5.74. The predicted molar refractivity (Wildman–Crippen MR) is 138 cm³/mol. The third-order valence-corrected chi connectivity index (χ3v) is 5.74. The Morgan fingerprint density at radius 1 is 1.16 bits per heavy atom. The highest BCUT2D eigenvalue weighted by Gasteiger charge is 2.25. The number of pyridine rings is 1. The fraction of sp³-hybridized carbons (Fsp3) is 0.222. The van der Waals surface area contributed by atoms with Crippen LogP contribution in [0.1, 0.15) is 32.0 Å². The smallest absolute Gasteiger partial charge is 0.293 e. The Balaban J connectivity index is 1.85. The molecule has 3 N–H and O–H groups in total. The van der Waals surface area contributed by atoms with Crippen molar-refractivity contribution in [1.82, 2.24) is 19.9 Å². The Bertz CT molecular complexity index is 1450. The summed E-state index contributed by atoms with van der Waals surface area (Å²) in [7, 11) is 3.36. The number of aryl methyl sites for hydroxylation is 1. The number of hydrogen-bond acceptors (Lipinski definition) is 6. The zero-order valence-corrected chi connectivity index (χ0v) is 20.8. The van der Waals surface area contributed by atoms with Gasteiger partial charge in [0.05, 0.1) is 30.1 Å². The summed E-state index contributed by atoms with van der Waals surface area (Å²) in [6.45, 7) is 1.64. The van der Waals surface area contributed by atoms with Crippen LogP contribution in [0.3, 0.4) is 0 Å². The van der Waals surface area contributed by atoms with Gasteiger partial charge in [0, 0.05) is 44.0 Å². The minimum atomic E-state index is -0.597. The lowest BCUT2D eigenvalue weighted by atomic mass is 10.1. The Labute approximate surface area is 213 Å². The van der Waals surface area contributed by atoms with Crippen molar-refractivity contribution in [2.24, 2.45) is 0 Å². The average Bonchev–Trinajstić information content (AvgIpc) is 3.18. The molecule has 0 spiro atoms. The van der Waals surface area contributed by atoms with Crippen LogP contribution < -0.4 is 10.8 Å². The number of amides is 2. The van der Waals surface area contributed by atoms with Gasteiger partial charge in [-0.1, -0.05) is 18.2 Å². The SMILES string of the molecule is Cc1ccc(Nc2c(C(=O)NOCCO)n(Cc3cccc(C(=O)N(C)C)c3)c3ccncc23)c(F)c1. The van der Waals surface area contributed by atoms with E-state index in [1.165, 1.54) is 11.0 Å². The molecular formula is C27H28FN5O4. The summed E-state index contributed by atoms with van der Waals surface area (Å²) in [6, 6.07) is 13.7. The van der Waals surface area contributed by atoms with E-state index in [4.69, 9.17) is 9.94 Å². The van der Waals surface area contributed by atoms with Gasteiger partial charge in [0.1, 0.15) is 11.5 Å². The van der Waals surface area contributed by atoms with Crippen LogP contribution in [0.25, 0.3) is 10.9 Å². The Hall–Kier alpha value is -4.28. The number of fused-ring (bicyclic) bond motifs is 1. The van der Waals surface area contributed by atoms with Crippen LogP contribution in [-0.2, 0) is 11.4 Å². The first-order valence-corrected chi connectivity index (χ1v) is 11.6. The number of benzene rings is 2. The monoisotopic (exact) mass is 505 g/mol. The Morgan fingerprint density at radius 2 is 1.97 bits per heavy atom. The maximum atomic E-state index is 14.8. The van der Waals surface area contributed by atoms with Crippen LogP contribution in [0, 0.1) is 12.7 Å². The third kappa shape index (κ3) is 5.60. The van der Waals surface area contributed by atoms with Crippen LogP contribution in [-0.4, -0.2) is 58.7 Å². The molecule has 0 atom stereocenters. The summed E-state index contributed by atoms with van der Waals surface area (Å²) >= 11 is 0. The molecule has 0 aliphatic heterocycles. The summed E-state index contributed by atoms with van der Waals surface area (Å²) in [6.07, 6.45) is 3.20. The van der Waals surface area contributed by atoms with E-state index in [1.807, 2.05) is 6.07 Å². The van der Waals surface area contributed by atoms with Crippen LogP contribution in [0.15, 0.2) is 60.9 Å². The van der Waals surface area contributed by atoms with Crippen molar-refractivity contribution in [1.29, 1.82) is 0 Å². The normalized spacial score (nSPS) is 10.9. The number of halogens is 1. The molecule has 37 heavy (non-hydrogen) atoms. The lowest BCUT2D eigenvalue weighted by Gasteiger charge is -2.15. The molecule has 9 nitrogen and oxygen atoms in total. The van der Waals surface area contributed by atoms with Crippen LogP contribution in [0.4, 0.5) is 15.8 Å². The number of rotatable bonds is 9. The number of aromatic nitrogens is 2. The number of hydroxylamine groups is 1. The van der Waals surface area contributed by atoms with Crippen molar-refractivity contribution in [3.05, 3.63) is 89.1 Å². The molecule has 0 fully saturated rings. The molecule has 0 unspecified atom stereocenters. The fourth-order valence-corrected chi connectivity index (χ4v) is 4.04. The van der Waals surface area contributed by atoms with Gasteiger partial charge in [-0.05, 0) is 48.4 Å². The summed E-state index contributed by atoms with van der Waals surface area (Å²) in [5.41, 5.74) is 5.77. The summed E-state index contributed by atoms with van der Waals surface area (Å²) < 4.78 is 16.5. The van der Waals surface area contributed by atoms with Crippen LogP contribution in [0.5, 0.6) is 0 Å². The standard InChI is InChI=1S/C27H28FN5O4/c1-17-7-8-22(21(28)13-17)30-24-20-15-29-10-9-23(20)33(25(24)26(35)31-37-12-11-34)16-18-5-4-6-19(14-18)27(36)32(2)3/h4-10,13-15,30,34H,11-12,16H2,1-3H3,(H,31,35). The molecule has 0 saturated carbocycles. The van der Waals surface area contributed by atoms with Gasteiger partial charge in [-0.2, -0.15) is 0 Å². The van der Waals surface area contributed by atoms with Crippen LogP contribution in [0.2, 0.25) is 0 Å². The number of carbonyl (C=O) groups excluding carboxylic acids is 2. The Kier molecular flexibility index (Phi) is 7.80. The lowest BCUT2D eigenvalue weighted by Crippen LogP contribution is -2.28. The topological polar surface area (TPSA) is 109 Å². The molecule has 2 amide bonds. The number of nitrogens with one attached hydrogen (secondary N) is 2. The van der Waals surface area contributed by atoms with E-state index in [-0.39, 0.29) is 37.0 Å². The largest absolute Gasteiger partial charge is 0.394 e. The number of anilines is 2. The van der Waals surface area contributed by atoms with Gasteiger partial charge in [0.25, 0.3) is 11.8 Å². The molecule has 0 bridgehead atoms. The first-order valence-electron chi connectivity index (χ1n) is 11.6. The molecular weight excluding hydrogens is 477 g/mol. The average molecular weight is 506 g/mol. The van der Waals surface area contributed by atoms with Crippen LogP contribution >= 0.6 is 0 Å². The van der Waals surface area contributed by atoms with Gasteiger partial charge in [-0.25, -0.2) is 9.87 Å². The molecule has 10 heteroatoms. The molecule has 0 saturated heterocycles. The maximum Gasteiger partial charge on any atom is 0.293 e. The van der Waals surface area contributed by atoms with Gasteiger partial charge in [-0.15, -0.1) is 0 Å². The van der Waals surface area contributed by atoms with Crippen molar-refractivity contribution in [2.75, 3.05) is 32.6 Å². The predicted octanol–water partition coefficient (Wildman–Crippen LogP) is 3.63. The maximum absolute atomic E-state index is 14.8. The summed E-state index contributed by atoms with van der Waals surface area (Å²) in [5, 5.41) is 12.7. The minimum absolute atomic E-state index is 0.0996. The second kappa shape index (κ2) is 11.2. The highest BCUT2D eigenvalue weighted by atomic mass is 19.1. The highest BCUT2D eigenvalue weighted by molar-refractivity contribution is 6.09. The van der Waals surface area contributed by atoms with Crippen molar-refractivity contribution >= 4 is 34.1 Å².